The van der Waals surface area contributed by atoms with Crippen molar-refractivity contribution in [1.29, 1.82) is 0 Å². The Morgan fingerprint density at radius 3 is 2.35 bits per heavy atom. The van der Waals surface area contributed by atoms with E-state index >= 15 is 0 Å². The Kier molecular flexibility index (Phi) is 4.83. The quantitative estimate of drug-likeness (QED) is 0.710. The van der Waals surface area contributed by atoms with Gasteiger partial charge in [0.05, 0.1) is 0 Å². The molecule has 0 amide bonds. The molecule has 0 saturated carbocycles. The van der Waals surface area contributed by atoms with Crippen molar-refractivity contribution in [2.45, 2.75) is 11.6 Å². The Labute approximate surface area is 99.7 Å². The molecule has 0 aliphatic carbocycles. The largest absolute Gasteiger partial charge is 0.367 e. The normalized spacial score (nSPS) is 10.5. The van der Waals surface area contributed by atoms with E-state index in [1.165, 1.54) is 12.3 Å². The van der Waals surface area contributed by atoms with Crippen LogP contribution in [0.25, 0.3) is 0 Å². The molecule has 0 bridgehead atoms. The second-order valence-corrected chi connectivity index (χ2v) is 4.64. The molecule has 2 rings (SSSR count). The summed E-state index contributed by atoms with van der Waals surface area (Å²) in [6.45, 7) is 0.628. The van der Waals surface area contributed by atoms with Crippen LogP contribution in [0.2, 0.25) is 0 Å². The van der Waals surface area contributed by atoms with Gasteiger partial charge in [-0.3, -0.25) is 0 Å². The van der Waals surface area contributed by atoms with Gasteiger partial charge in [0, 0.05) is 25.1 Å². The molecule has 0 radical (unpaired) electrons. The fourth-order valence-electron chi connectivity index (χ4n) is 1.00. The van der Waals surface area contributed by atoms with Crippen molar-refractivity contribution in [3.05, 3.63) is 48.4 Å². The van der Waals surface area contributed by atoms with Gasteiger partial charge in [0.25, 0.3) is 10.0 Å². The molecule has 2 heterocycles. The second kappa shape index (κ2) is 6.14. The van der Waals surface area contributed by atoms with E-state index in [2.05, 4.69) is 9.97 Å². The first kappa shape index (κ1) is 13.4. The first-order valence-electron chi connectivity index (χ1n) is 4.79. The van der Waals surface area contributed by atoms with Crippen LogP contribution in [0.3, 0.4) is 0 Å². The summed E-state index contributed by atoms with van der Waals surface area (Å²) in [5.41, 5.74) is 6.43. The summed E-state index contributed by atoms with van der Waals surface area (Å²) >= 11 is 0. The summed E-state index contributed by atoms with van der Waals surface area (Å²) in [4.78, 5) is 6.44. The predicted octanol–water partition coefficient (Wildman–Crippen LogP) is 0.202. The molecule has 0 aliphatic rings. The van der Waals surface area contributed by atoms with Crippen molar-refractivity contribution in [3.63, 3.8) is 0 Å². The van der Waals surface area contributed by atoms with Gasteiger partial charge in [-0.1, -0.05) is 6.07 Å². The monoisotopic (exact) mass is 254 g/mol. The predicted molar refractivity (Wildman–Crippen MR) is 64.3 cm³/mol. The van der Waals surface area contributed by atoms with Crippen LogP contribution < -0.4 is 10.9 Å². The van der Waals surface area contributed by atoms with Crippen molar-refractivity contribution in [2.24, 2.45) is 10.9 Å². The lowest BCUT2D eigenvalue weighted by Gasteiger charge is -1.92. The number of H-pyrrole nitrogens is 1. The molecule has 5 N–H and O–H groups in total. The number of rotatable bonds is 2. The minimum Gasteiger partial charge on any atom is -0.367 e. The molecule has 2 aromatic rings. The first-order valence-corrected chi connectivity index (χ1v) is 6.34. The fraction of sp³-hybridized carbons (Fsp3) is 0.100. The van der Waals surface area contributed by atoms with E-state index in [1.54, 1.807) is 12.1 Å². The number of hydrogen-bond acceptors (Lipinski definition) is 4. The molecule has 2 aromatic heterocycles. The molecule has 0 spiro atoms. The molecule has 17 heavy (non-hydrogen) atoms. The zero-order chi connectivity index (χ0) is 12.7. The molecule has 6 nitrogen and oxygen atoms in total. The number of aromatic nitrogens is 2. The van der Waals surface area contributed by atoms with Gasteiger partial charge in [0.1, 0.15) is 0 Å². The van der Waals surface area contributed by atoms with Crippen molar-refractivity contribution in [1.82, 2.24) is 9.97 Å². The van der Waals surface area contributed by atoms with E-state index in [-0.39, 0.29) is 5.03 Å². The van der Waals surface area contributed by atoms with Crippen molar-refractivity contribution in [3.8, 4) is 0 Å². The van der Waals surface area contributed by atoms with Crippen molar-refractivity contribution < 1.29 is 8.42 Å². The molecule has 0 saturated heterocycles. The lowest BCUT2D eigenvalue weighted by atomic mass is 10.4. The summed E-state index contributed by atoms with van der Waals surface area (Å²) < 4.78 is 21.1. The van der Waals surface area contributed by atoms with E-state index in [4.69, 9.17) is 10.9 Å². The zero-order valence-corrected chi connectivity index (χ0v) is 9.89. The van der Waals surface area contributed by atoms with E-state index in [9.17, 15) is 8.42 Å². The van der Waals surface area contributed by atoms with E-state index in [0.717, 1.165) is 5.56 Å². The maximum absolute atomic E-state index is 10.5. The maximum atomic E-state index is 10.5. The van der Waals surface area contributed by atoms with Gasteiger partial charge in [-0.25, -0.2) is 18.5 Å². The van der Waals surface area contributed by atoms with Crippen LogP contribution in [0.1, 0.15) is 5.56 Å². The van der Waals surface area contributed by atoms with E-state index < -0.39 is 10.0 Å². The van der Waals surface area contributed by atoms with Crippen LogP contribution >= 0.6 is 0 Å². The smallest absolute Gasteiger partial charge is 0.255 e. The van der Waals surface area contributed by atoms with Gasteiger partial charge in [-0.15, -0.1) is 0 Å². The lowest BCUT2D eigenvalue weighted by molar-refractivity contribution is 0.594. The summed E-state index contributed by atoms with van der Waals surface area (Å²) in [7, 11) is -3.61. The minimum atomic E-state index is -3.61. The Morgan fingerprint density at radius 2 is 2.06 bits per heavy atom. The van der Waals surface area contributed by atoms with Gasteiger partial charge in [-0.05, 0) is 23.8 Å². The fourth-order valence-corrected chi connectivity index (χ4v) is 1.48. The minimum absolute atomic E-state index is 0.102. The van der Waals surface area contributed by atoms with Crippen LogP contribution in [0.5, 0.6) is 0 Å². The molecular weight excluding hydrogens is 240 g/mol. The second-order valence-electron chi connectivity index (χ2n) is 3.14. The topological polar surface area (TPSA) is 115 Å². The third-order valence-corrected chi connectivity index (χ3v) is 2.65. The molecule has 0 aromatic carbocycles. The Hall–Kier alpha value is -1.70. The maximum Gasteiger partial charge on any atom is 0.255 e. The number of aromatic amines is 1. The van der Waals surface area contributed by atoms with Gasteiger partial charge in [-0.2, -0.15) is 0 Å². The molecule has 92 valence electrons. The first-order chi connectivity index (χ1) is 8.04. The van der Waals surface area contributed by atoms with Crippen LogP contribution in [-0.4, -0.2) is 18.4 Å². The van der Waals surface area contributed by atoms with Gasteiger partial charge >= 0.3 is 0 Å². The zero-order valence-electron chi connectivity index (χ0n) is 9.08. The number of nitrogens with two attached hydrogens (primary N) is 2. The number of pyridine rings is 1. The Balaban J connectivity index is 0.000000181. The SMILES string of the molecule is NCc1cc[nH]c1.NS(=O)(=O)c1ccccn1. The van der Waals surface area contributed by atoms with Crippen LogP contribution in [0.4, 0.5) is 0 Å². The molecule has 0 unspecified atom stereocenters. The molecular formula is C10H14N4O2S. The molecule has 0 aliphatic heterocycles. The molecule has 7 heteroatoms. The van der Waals surface area contributed by atoms with Crippen LogP contribution in [0, 0.1) is 0 Å². The number of nitrogens with zero attached hydrogens (tertiary/aromatic N) is 1. The van der Waals surface area contributed by atoms with Crippen molar-refractivity contribution in [2.75, 3.05) is 0 Å². The summed E-state index contributed by atoms with van der Waals surface area (Å²) in [5, 5.41) is 4.66. The standard InChI is InChI=1S/C5H6N2O2S.C5H8N2/c6-10(8,9)5-3-1-2-4-7-5;6-3-5-1-2-7-4-5/h1-4H,(H2,6,8,9);1-2,4,7H,3,6H2. The molecule has 0 fully saturated rings. The third-order valence-electron chi connectivity index (χ3n) is 1.83. The van der Waals surface area contributed by atoms with Crippen LogP contribution in [0.15, 0.2) is 47.9 Å². The highest BCUT2D eigenvalue weighted by Gasteiger charge is 2.05. The van der Waals surface area contributed by atoms with Crippen LogP contribution in [-0.2, 0) is 16.6 Å². The van der Waals surface area contributed by atoms with E-state index in [0.29, 0.717) is 6.54 Å². The highest BCUT2D eigenvalue weighted by molar-refractivity contribution is 7.89. The average Bonchev–Trinajstić information content (AvgIpc) is 2.83. The van der Waals surface area contributed by atoms with E-state index in [1.807, 2.05) is 18.5 Å². The van der Waals surface area contributed by atoms with Gasteiger partial charge < -0.3 is 10.7 Å². The summed E-state index contributed by atoms with van der Waals surface area (Å²) in [5.74, 6) is 0. The highest BCUT2D eigenvalue weighted by Crippen LogP contribution is 1.98. The number of primary sulfonamides is 1. The summed E-state index contributed by atoms with van der Waals surface area (Å²) in [6.07, 6.45) is 5.13. The number of sulfonamides is 1. The average molecular weight is 254 g/mol. The Bertz CT molecular complexity index is 523. The highest BCUT2D eigenvalue weighted by atomic mass is 32.2. The summed E-state index contributed by atoms with van der Waals surface area (Å²) in [6, 6.07) is 6.48. The van der Waals surface area contributed by atoms with Gasteiger partial charge in [0.2, 0.25) is 0 Å². The lowest BCUT2D eigenvalue weighted by Crippen LogP contribution is -2.13. The number of hydrogen-bond donors (Lipinski definition) is 3. The third kappa shape index (κ3) is 4.77. The molecule has 0 atom stereocenters. The van der Waals surface area contributed by atoms with Crippen molar-refractivity contribution >= 4 is 10.0 Å². The Morgan fingerprint density at radius 1 is 1.29 bits per heavy atom. The van der Waals surface area contributed by atoms with Gasteiger partial charge in [0.15, 0.2) is 5.03 Å². The number of nitrogens with one attached hydrogen (secondary N) is 1.